The minimum Gasteiger partial charge on any atom is -0.361 e. The van der Waals surface area contributed by atoms with Crippen molar-refractivity contribution in [3.63, 3.8) is 0 Å². The summed E-state index contributed by atoms with van der Waals surface area (Å²) in [6.45, 7) is 11.3. The summed E-state index contributed by atoms with van der Waals surface area (Å²) in [7, 11) is 1.82. The Bertz CT molecular complexity index is 744. The van der Waals surface area contributed by atoms with Crippen molar-refractivity contribution in [2.75, 3.05) is 39.8 Å². The molecule has 0 aromatic carbocycles. The van der Waals surface area contributed by atoms with Gasteiger partial charge < -0.3 is 19.3 Å². The number of nitrogens with one attached hydrogen (secondary N) is 1. The first-order valence-corrected chi connectivity index (χ1v) is 9.47. The van der Waals surface area contributed by atoms with Gasteiger partial charge in [0.05, 0.1) is 5.69 Å². The van der Waals surface area contributed by atoms with Crippen LogP contribution < -0.4 is 5.32 Å². The topological polar surface area (TPSA) is 95.8 Å². The lowest BCUT2D eigenvalue weighted by Gasteiger charge is -2.36. The Hall–Kier alpha value is -2.42. The van der Waals surface area contributed by atoms with Gasteiger partial charge in [-0.25, -0.2) is 0 Å². The van der Waals surface area contributed by atoms with Crippen LogP contribution in [0, 0.1) is 6.92 Å². The van der Waals surface area contributed by atoms with Gasteiger partial charge in [0.15, 0.2) is 11.8 Å². The second kappa shape index (κ2) is 8.98. The first-order valence-electron chi connectivity index (χ1n) is 9.47. The van der Waals surface area contributed by atoms with Crippen molar-refractivity contribution in [1.82, 2.24) is 30.4 Å². The van der Waals surface area contributed by atoms with E-state index in [0.29, 0.717) is 18.9 Å². The third-order valence-electron chi connectivity index (χ3n) is 4.57. The maximum absolute atomic E-state index is 5.28. The Morgan fingerprint density at radius 1 is 1.22 bits per heavy atom. The third-order valence-corrected chi connectivity index (χ3v) is 4.57. The molecule has 0 spiro atoms. The van der Waals surface area contributed by atoms with Gasteiger partial charge in [0, 0.05) is 64.7 Å². The van der Waals surface area contributed by atoms with Gasteiger partial charge >= 0.3 is 0 Å². The largest absolute Gasteiger partial charge is 0.361 e. The Kier molecular flexibility index (Phi) is 6.44. The number of aryl methyl sites for hydroxylation is 1. The smallest absolute Gasteiger partial charge is 0.228 e. The summed E-state index contributed by atoms with van der Waals surface area (Å²) in [4.78, 5) is 13.5. The van der Waals surface area contributed by atoms with Crippen LogP contribution in [0.5, 0.6) is 0 Å². The second-order valence-corrected chi connectivity index (χ2v) is 7.12. The predicted molar refractivity (Wildman–Crippen MR) is 102 cm³/mol. The molecule has 1 fully saturated rings. The molecule has 1 aliphatic rings. The molecule has 9 heteroatoms. The van der Waals surface area contributed by atoms with Gasteiger partial charge in [-0.1, -0.05) is 24.2 Å². The van der Waals surface area contributed by atoms with E-state index < -0.39 is 0 Å². The van der Waals surface area contributed by atoms with E-state index in [0.717, 1.165) is 56.0 Å². The third kappa shape index (κ3) is 5.29. The normalized spacial score (nSPS) is 16.3. The molecule has 148 valence electrons. The minimum atomic E-state index is 0.278. The number of nitrogens with zero attached hydrogens (tertiary/aromatic N) is 6. The number of piperazine rings is 1. The number of guanidine groups is 1. The van der Waals surface area contributed by atoms with Crippen molar-refractivity contribution >= 4 is 5.96 Å². The summed E-state index contributed by atoms with van der Waals surface area (Å²) >= 11 is 0. The first-order chi connectivity index (χ1) is 13.0. The highest BCUT2D eigenvalue weighted by molar-refractivity contribution is 5.80. The molecule has 2 aromatic rings. The summed E-state index contributed by atoms with van der Waals surface area (Å²) in [5.74, 6) is 3.47. The zero-order valence-corrected chi connectivity index (χ0v) is 16.6. The quantitative estimate of drug-likeness (QED) is 0.598. The van der Waals surface area contributed by atoms with Crippen LogP contribution in [0.15, 0.2) is 20.1 Å². The van der Waals surface area contributed by atoms with E-state index in [1.165, 1.54) is 0 Å². The van der Waals surface area contributed by atoms with E-state index in [9.17, 15) is 0 Å². The highest BCUT2D eigenvalue weighted by Crippen LogP contribution is 2.10. The molecule has 2 aromatic heterocycles. The Morgan fingerprint density at radius 2 is 2.00 bits per heavy atom. The average molecular weight is 375 g/mol. The summed E-state index contributed by atoms with van der Waals surface area (Å²) in [6, 6.07) is 2.00. The SMILES string of the molecule is CN=C(NCCc1nc(C(C)C)no1)N1CCN(Cc2cc(C)on2)CC1. The van der Waals surface area contributed by atoms with Crippen molar-refractivity contribution in [3.05, 3.63) is 29.2 Å². The molecular formula is C18H29N7O2. The zero-order chi connectivity index (χ0) is 19.2. The number of hydrogen-bond donors (Lipinski definition) is 1. The van der Waals surface area contributed by atoms with Crippen molar-refractivity contribution in [1.29, 1.82) is 0 Å². The van der Waals surface area contributed by atoms with E-state index in [2.05, 4.69) is 49.3 Å². The van der Waals surface area contributed by atoms with E-state index in [1.807, 2.05) is 20.0 Å². The van der Waals surface area contributed by atoms with Gasteiger partial charge in [-0.3, -0.25) is 9.89 Å². The summed E-state index contributed by atoms with van der Waals surface area (Å²) in [6.07, 6.45) is 0.685. The number of rotatable bonds is 6. The van der Waals surface area contributed by atoms with Crippen LogP contribution in [0.3, 0.4) is 0 Å². The fourth-order valence-corrected chi connectivity index (χ4v) is 3.06. The molecule has 0 atom stereocenters. The van der Waals surface area contributed by atoms with Crippen LogP contribution >= 0.6 is 0 Å². The Morgan fingerprint density at radius 3 is 2.59 bits per heavy atom. The maximum atomic E-state index is 5.28. The standard InChI is InChI=1S/C18H29N7O2/c1-13(2)17-21-16(27-23-17)5-6-20-18(19-4)25-9-7-24(8-10-25)12-15-11-14(3)26-22-15/h11,13H,5-10,12H2,1-4H3,(H,19,20). The van der Waals surface area contributed by atoms with Gasteiger partial charge in [-0.15, -0.1) is 0 Å². The van der Waals surface area contributed by atoms with Crippen molar-refractivity contribution in [2.45, 2.75) is 39.7 Å². The molecule has 3 heterocycles. The molecule has 27 heavy (non-hydrogen) atoms. The maximum Gasteiger partial charge on any atom is 0.228 e. The van der Waals surface area contributed by atoms with Gasteiger partial charge in [0.2, 0.25) is 5.89 Å². The lowest BCUT2D eigenvalue weighted by molar-refractivity contribution is 0.169. The zero-order valence-electron chi connectivity index (χ0n) is 16.6. The van der Waals surface area contributed by atoms with Crippen molar-refractivity contribution in [3.8, 4) is 0 Å². The number of aromatic nitrogens is 3. The lowest BCUT2D eigenvalue weighted by atomic mass is 10.2. The lowest BCUT2D eigenvalue weighted by Crippen LogP contribution is -2.52. The van der Waals surface area contributed by atoms with Crippen LogP contribution in [0.1, 0.15) is 42.9 Å². The highest BCUT2D eigenvalue weighted by atomic mass is 16.5. The number of hydrogen-bond acceptors (Lipinski definition) is 7. The minimum absolute atomic E-state index is 0.278. The molecule has 0 radical (unpaired) electrons. The van der Waals surface area contributed by atoms with E-state index in [4.69, 9.17) is 9.05 Å². The van der Waals surface area contributed by atoms with E-state index in [-0.39, 0.29) is 5.92 Å². The number of aliphatic imine (C=N–C) groups is 1. The Labute approximate surface area is 159 Å². The van der Waals surface area contributed by atoms with Crippen LogP contribution in [0.4, 0.5) is 0 Å². The molecule has 0 bridgehead atoms. The van der Waals surface area contributed by atoms with Crippen molar-refractivity contribution in [2.24, 2.45) is 4.99 Å². The fourth-order valence-electron chi connectivity index (χ4n) is 3.06. The molecular weight excluding hydrogens is 346 g/mol. The van der Waals surface area contributed by atoms with E-state index in [1.54, 1.807) is 0 Å². The molecule has 0 amide bonds. The fraction of sp³-hybridized carbons (Fsp3) is 0.667. The van der Waals surface area contributed by atoms with Gasteiger partial charge in [-0.2, -0.15) is 4.98 Å². The van der Waals surface area contributed by atoms with Gasteiger partial charge in [0.1, 0.15) is 5.76 Å². The van der Waals surface area contributed by atoms with Crippen LogP contribution in [0.2, 0.25) is 0 Å². The van der Waals surface area contributed by atoms with Crippen LogP contribution in [-0.2, 0) is 13.0 Å². The van der Waals surface area contributed by atoms with Gasteiger partial charge in [-0.05, 0) is 6.92 Å². The molecule has 0 saturated carbocycles. The monoisotopic (exact) mass is 375 g/mol. The Balaban J connectivity index is 1.42. The molecule has 0 unspecified atom stereocenters. The van der Waals surface area contributed by atoms with Crippen LogP contribution in [0.25, 0.3) is 0 Å². The second-order valence-electron chi connectivity index (χ2n) is 7.12. The summed E-state index contributed by atoms with van der Waals surface area (Å²) in [5, 5.41) is 11.5. The van der Waals surface area contributed by atoms with E-state index >= 15 is 0 Å². The van der Waals surface area contributed by atoms with Gasteiger partial charge in [0.25, 0.3) is 0 Å². The average Bonchev–Trinajstić information content (AvgIpc) is 3.29. The van der Waals surface area contributed by atoms with Crippen LogP contribution in [-0.4, -0.2) is 70.8 Å². The molecule has 1 aliphatic heterocycles. The van der Waals surface area contributed by atoms with Crippen molar-refractivity contribution < 1.29 is 9.05 Å². The molecule has 3 rings (SSSR count). The first kappa shape index (κ1) is 19.3. The summed E-state index contributed by atoms with van der Waals surface area (Å²) < 4.78 is 10.4. The molecule has 9 nitrogen and oxygen atoms in total. The molecule has 1 N–H and O–H groups in total. The summed E-state index contributed by atoms with van der Waals surface area (Å²) in [5.41, 5.74) is 0.990. The molecule has 1 saturated heterocycles. The highest BCUT2D eigenvalue weighted by Gasteiger charge is 2.20. The molecule has 0 aliphatic carbocycles. The predicted octanol–water partition coefficient (Wildman–Crippen LogP) is 1.43.